The van der Waals surface area contributed by atoms with Gasteiger partial charge in [0.2, 0.25) is 5.91 Å². The van der Waals surface area contributed by atoms with Gasteiger partial charge < -0.3 is 10.6 Å². The first-order chi connectivity index (χ1) is 6.64. The molecule has 0 bridgehead atoms. The van der Waals surface area contributed by atoms with Crippen LogP contribution in [0.2, 0.25) is 0 Å². The summed E-state index contributed by atoms with van der Waals surface area (Å²) in [5.74, 6) is 0.337. The van der Waals surface area contributed by atoms with Crippen molar-refractivity contribution in [2.75, 3.05) is 19.6 Å². The molecule has 1 aliphatic carbocycles. The summed E-state index contributed by atoms with van der Waals surface area (Å²) in [6.45, 7) is 5.96. The monoisotopic (exact) mass is 250 g/mol. The highest BCUT2D eigenvalue weighted by molar-refractivity contribution is 6.29. The van der Waals surface area contributed by atoms with Gasteiger partial charge in [-0.2, -0.15) is 0 Å². The highest BCUT2D eigenvalue weighted by Crippen LogP contribution is 2.56. The first-order valence-corrected chi connectivity index (χ1v) is 5.34. The summed E-state index contributed by atoms with van der Waals surface area (Å²) in [6, 6.07) is 0. The lowest BCUT2D eigenvalue weighted by atomic mass is 10.0. The van der Waals surface area contributed by atoms with E-state index in [0.29, 0.717) is 11.6 Å². The van der Waals surface area contributed by atoms with Crippen LogP contribution in [0.4, 0.5) is 0 Å². The Kier molecular flexibility index (Phi) is 4.04. The fraction of sp³-hybridized carbons (Fsp3) is 0.700. The van der Waals surface area contributed by atoms with E-state index in [2.05, 4.69) is 17.2 Å². The Hall–Kier alpha value is -0.250. The van der Waals surface area contributed by atoms with Gasteiger partial charge in [0, 0.05) is 17.5 Å². The Labute approximate surface area is 101 Å². The summed E-state index contributed by atoms with van der Waals surface area (Å²) in [6.07, 6.45) is 2.16. The summed E-state index contributed by atoms with van der Waals surface area (Å²) < 4.78 is 0. The molecule has 5 heteroatoms. The molecule has 0 aromatic rings. The molecule has 2 rings (SSSR count). The quantitative estimate of drug-likeness (QED) is 0.793. The van der Waals surface area contributed by atoms with Crippen molar-refractivity contribution in [3.8, 4) is 0 Å². The van der Waals surface area contributed by atoms with Gasteiger partial charge in [0.1, 0.15) is 0 Å². The van der Waals surface area contributed by atoms with Crippen LogP contribution >= 0.6 is 24.0 Å². The van der Waals surface area contributed by atoms with Crippen LogP contribution in [0.3, 0.4) is 0 Å². The summed E-state index contributed by atoms with van der Waals surface area (Å²) in [5, 5.41) is 6.58. The molecule has 2 aliphatic rings. The first-order valence-electron chi connectivity index (χ1n) is 4.96. The number of nitrogens with one attached hydrogen (secondary N) is 2. The molecule has 2 atom stereocenters. The smallest absolute Gasteiger partial charge is 0.224 e. The SMILES string of the molecule is C=C(Cl)CNC(=O)C1CC12CCNC2.Cl. The Balaban J connectivity index is 0.00000112. The molecule has 0 aromatic carbocycles. The molecule has 2 N–H and O–H groups in total. The van der Waals surface area contributed by atoms with E-state index >= 15 is 0 Å². The summed E-state index contributed by atoms with van der Waals surface area (Å²) in [4.78, 5) is 11.6. The van der Waals surface area contributed by atoms with Gasteiger partial charge in [-0.3, -0.25) is 4.79 Å². The molecule has 0 radical (unpaired) electrons. The molecule has 2 unspecified atom stereocenters. The third-order valence-corrected chi connectivity index (χ3v) is 3.37. The van der Waals surface area contributed by atoms with Gasteiger partial charge in [0.25, 0.3) is 0 Å². The van der Waals surface area contributed by atoms with Crippen molar-refractivity contribution in [2.24, 2.45) is 11.3 Å². The number of amides is 1. The molecular weight excluding hydrogens is 235 g/mol. The molecule has 3 nitrogen and oxygen atoms in total. The number of hydrogen-bond donors (Lipinski definition) is 2. The highest BCUT2D eigenvalue weighted by atomic mass is 35.5. The fourth-order valence-corrected chi connectivity index (χ4v) is 2.33. The molecule has 15 heavy (non-hydrogen) atoms. The number of carbonyl (C=O) groups excluding carboxylic acids is 1. The standard InChI is InChI=1S/C10H15ClN2O.ClH/c1-7(11)5-13-9(14)8-4-10(8)2-3-12-6-10;/h8,12H,1-6H2,(H,13,14);1H. The molecule has 86 valence electrons. The van der Waals surface area contributed by atoms with Crippen molar-refractivity contribution in [2.45, 2.75) is 12.8 Å². The maximum absolute atomic E-state index is 11.6. The van der Waals surface area contributed by atoms with Crippen molar-refractivity contribution in [1.82, 2.24) is 10.6 Å². The summed E-state index contributed by atoms with van der Waals surface area (Å²) >= 11 is 5.58. The number of hydrogen-bond acceptors (Lipinski definition) is 2. The van der Waals surface area contributed by atoms with Gasteiger partial charge in [-0.25, -0.2) is 0 Å². The summed E-state index contributed by atoms with van der Waals surface area (Å²) in [7, 11) is 0. The highest BCUT2D eigenvalue weighted by Gasteiger charge is 2.58. The lowest BCUT2D eigenvalue weighted by Crippen LogP contribution is -2.28. The van der Waals surface area contributed by atoms with Gasteiger partial charge in [0.05, 0.1) is 6.54 Å². The van der Waals surface area contributed by atoms with Crippen LogP contribution in [-0.4, -0.2) is 25.5 Å². The fourth-order valence-electron chi connectivity index (χ4n) is 2.26. The lowest BCUT2D eigenvalue weighted by Gasteiger charge is -2.07. The minimum absolute atomic E-state index is 0. The van der Waals surface area contributed by atoms with Crippen molar-refractivity contribution < 1.29 is 4.79 Å². The Morgan fingerprint density at radius 1 is 1.67 bits per heavy atom. The zero-order chi connectivity index (χ0) is 10.2. The number of carbonyl (C=O) groups is 1. The van der Waals surface area contributed by atoms with E-state index in [1.54, 1.807) is 0 Å². The number of halogens is 2. The maximum Gasteiger partial charge on any atom is 0.224 e. The molecule has 1 aliphatic heterocycles. The van der Waals surface area contributed by atoms with E-state index in [-0.39, 0.29) is 29.6 Å². The largest absolute Gasteiger partial charge is 0.351 e. The van der Waals surface area contributed by atoms with E-state index in [0.717, 1.165) is 25.9 Å². The predicted molar refractivity (Wildman–Crippen MR) is 63.3 cm³/mol. The van der Waals surface area contributed by atoms with Crippen LogP contribution in [-0.2, 0) is 4.79 Å². The third-order valence-electron chi connectivity index (χ3n) is 3.24. The van der Waals surface area contributed by atoms with Crippen LogP contribution in [0.25, 0.3) is 0 Å². The van der Waals surface area contributed by atoms with Gasteiger partial charge in [-0.15, -0.1) is 12.4 Å². The van der Waals surface area contributed by atoms with Crippen LogP contribution < -0.4 is 10.6 Å². The summed E-state index contributed by atoms with van der Waals surface area (Å²) in [5.41, 5.74) is 0.276. The van der Waals surface area contributed by atoms with E-state index in [1.807, 2.05) is 0 Å². The molecule has 1 saturated heterocycles. The molecule has 2 fully saturated rings. The molecule has 0 aromatic heterocycles. The Bertz CT molecular complexity index is 275. The van der Waals surface area contributed by atoms with E-state index in [9.17, 15) is 4.79 Å². The predicted octanol–water partition coefficient (Wildman–Crippen LogP) is 1.28. The average Bonchev–Trinajstić information content (AvgIpc) is 2.61. The second-order valence-corrected chi connectivity index (χ2v) is 4.82. The van der Waals surface area contributed by atoms with Crippen LogP contribution in [0.1, 0.15) is 12.8 Å². The van der Waals surface area contributed by atoms with Gasteiger partial charge in [-0.1, -0.05) is 18.2 Å². The van der Waals surface area contributed by atoms with Crippen LogP contribution in [0, 0.1) is 11.3 Å². The minimum Gasteiger partial charge on any atom is -0.351 e. The van der Waals surface area contributed by atoms with Crippen LogP contribution in [0.5, 0.6) is 0 Å². The first kappa shape index (κ1) is 12.8. The zero-order valence-electron chi connectivity index (χ0n) is 8.51. The normalized spacial score (nSPS) is 32.2. The van der Waals surface area contributed by atoms with Crippen molar-refractivity contribution in [3.63, 3.8) is 0 Å². The number of rotatable bonds is 3. The zero-order valence-corrected chi connectivity index (χ0v) is 10.1. The van der Waals surface area contributed by atoms with E-state index in [1.165, 1.54) is 0 Å². The van der Waals surface area contributed by atoms with E-state index in [4.69, 9.17) is 11.6 Å². The molecule has 1 saturated carbocycles. The second-order valence-electron chi connectivity index (χ2n) is 4.28. The van der Waals surface area contributed by atoms with E-state index < -0.39 is 0 Å². The Morgan fingerprint density at radius 3 is 2.93 bits per heavy atom. The lowest BCUT2D eigenvalue weighted by molar-refractivity contribution is -0.122. The molecule has 1 amide bonds. The van der Waals surface area contributed by atoms with Crippen molar-refractivity contribution in [1.29, 1.82) is 0 Å². The van der Waals surface area contributed by atoms with Crippen molar-refractivity contribution >= 4 is 29.9 Å². The molecular formula is C10H16Cl2N2O. The second kappa shape index (κ2) is 4.73. The molecule has 1 heterocycles. The van der Waals surface area contributed by atoms with Crippen LogP contribution in [0.15, 0.2) is 11.6 Å². The maximum atomic E-state index is 11.6. The Morgan fingerprint density at radius 2 is 2.40 bits per heavy atom. The van der Waals surface area contributed by atoms with Crippen molar-refractivity contribution in [3.05, 3.63) is 11.6 Å². The molecule has 1 spiro atoms. The van der Waals surface area contributed by atoms with Gasteiger partial charge >= 0.3 is 0 Å². The van der Waals surface area contributed by atoms with Gasteiger partial charge in [0.15, 0.2) is 0 Å². The third kappa shape index (κ3) is 2.65. The average molecular weight is 251 g/mol. The minimum atomic E-state index is 0. The topological polar surface area (TPSA) is 41.1 Å². The van der Waals surface area contributed by atoms with Gasteiger partial charge in [-0.05, 0) is 24.8 Å².